The van der Waals surface area contributed by atoms with Crippen molar-refractivity contribution in [3.05, 3.63) is 70.0 Å². The lowest BCUT2D eigenvalue weighted by Gasteiger charge is -2.28. The number of aromatic nitrogens is 6. The average Bonchev–Trinajstić information content (AvgIpc) is 3.27. The topological polar surface area (TPSA) is 120 Å². The minimum absolute atomic E-state index is 0.342. The molecule has 0 spiro atoms. The molecule has 1 aliphatic heterocycles. The molecule has 0 fully saturated rings. The summed E-state index contributed by atoms with van der Waals surface area (Å²) in [6, 6.07) is 14.5. The number of rotatable bonds is 4. The average molecular weight is 403 g/mol. The molecule has 10 nitrogen and oxygen atoms in total. The molecule has 10 heteroatoms. The summed E-state index contributed by atoms with van der Waals surface area (Å²) in [5.41, 5.74) is 2.85. The Labute approximate surface area is 170 Å². The highest BCUT2D eigenvalue weighted by atomic mass is 16.5. The van der Waals surface area contributed by atoms with Crippen molar-refractivity contribution >= 4 is 11.6 Å². The predicted molar refractivity (Wildman–Crippen MR) is 108 cm³/mol. The molecule has 1 atom stereocenters. The Morgan fingerprint density at radius 3 is 2.67 bits per heavy atom. The summed E-state index contributed by atoms with van der Waals surface area (Å²) in [5, 5.41) is 21.9. The van der Waals surface area contributed by atoms with Crippen molar-refractivity contribution in [2.24, 2.45) is 0 Å². The van der Waals surface area contributed by atoms with E-state index in [1.807, 2.05) is 42.5 Å². The molecule has 1 unspecified atom stereocenters. The fraction of sp³-hybridized carbons (Fsp3) is 0.150. The molecule has 30 heavy (non-hydrogen) atoms. The van der Waals surface area contributed by atoms with Gasteiger partial charge in [-0.15, -0.1) is 0 Å². The lowest BCUT2D eigenvalue weighted by molar-refractivity contribution is 0.386. The molecule has 0 radical (unpaired) electrons. The van der Waals surface area contributed by atoms with Crippen LogP contribution in [0, 0.1) is 0 Å². The van der Waals surface area contributed by atoms with Crippen LogP contribution in [0.1, 0.15) is 17.2 Å². The third-order valence-electron chi connectivity index (χ3n) is 5.05. The lowest BCUT2D eigenvalue weighted by atomic mass is 9.92. The maximum Gasteiger partial charge on any atom is 0.288 e. The van der Waals surface area contributed by atoms with Crippen LogP contribution in [0.5, 0.6) is 11.5 Å². The van der Waals surface area contributed by atoms with E-state index in [1.165, 1.54) is 0 Å². The molecule has 1 aliphatic rings. The molecule has 2 aromatic carbocycles. The molecule has 2 aromatic heterocycles. The van der Waals surface area contributed by atoms with Crippen molar-refractivity contribution in [3.8, 4) is 22.8 Å². The normalized spacial score (nSPS) is 14.4. The third kappa shape index (κ3) is 2.69. The standard InChI is InChI=1S/C20H17N7O3/c1-29-12-8-9-13(14(10-12)30-2)18-15-16(11-6-4-3-5-7-11)22-23-19(28)17(15)21-20-24-25-26-27(18)20/h3-10,18H,1-2H3,(H,23,28)(H,21,24,26). The maximum atomic E-state index is 12.7. The van der Waals surface area contributed by atoms with Crippen molar-refractivity contribution in [1.82, 2.24) is 30.4 Å². The number of benzene rings is 2. The number of anilines is 2. The molecule has 5 rings (SSSR count). The van der Waals surface area contributed by atoms with E-state index in [9.17, 15) is 4.79 Å². The van der Waals surface area contributed by atoms with E-state index in [0.29, 0.717) is 34.4 Å². The van der Waals surface area contributed by atoms with Gasteiger partial charge in [-0.2, -0.15) is 9.78 Å². The van der Waals surface area contributed by atoms with E-state index in [0.717, 1.165) is 11.1 Å². The minimum Gasteiger partial charge on any atom is -0.497 e. The van der Waals surface area contributed by atoms with Crippen LogP contribution >= 0.6 is 0 Å². The van der Waals surface area contributed by atoms with E-state index in [2.05, 4.69) is 31.0 Å². The Morgan fingerprint density at radius 1 is 1.07 bits per heavy atom. The zero-order chi connectivity index (χ0) is 20.7. The van der Waals surface area contributed by atoms with E-state index < -0.39 is 6.04 Å². The van der Waals surface area contributed by atoms with E-state index >= 15 is 0 Å². The van der Waals surface area contributed by atoms with E-state index in [1.54, 1.807) is 25.0 Å². The third-order valence-corrected chi connectivity index (χ3v) is 5.05. The van der Waals surface area contributed by atoms with Crippen molar-refractivity contribution in [3.63, 3.8) is 0 Å². The van der Waals surface area contributed by atoms with Gasteiger partial charge in [0, 0.05) is 22.8 Å². The second kappa shape index (κ2) is 6.99. The number of hydrogen-bond donors (Lipinski definition) is 2. The van der Waals surface area contributed by atoms with Crippen LogP contribution in [-0.2, 0) is 0 Å². The second-order valence-corrected chi connectivity index (χ2v) is 6.64. The first-order valence-corrected chi connectivity index (χ1v) is 9.16. The van der Waals surface area contributed by atoms with Crippen LogP contribution in [-0.4, -0.2) is 44.6 Å². The molecule has 0 amide bonds. The van der Waals surface area contributed by atoms with Crippen LogP contribution in [0.25, 0.3) is 11.3 Å². The molecule has 0 saturated heterocycles. The lowest BCUT2D eigenvalue weighted by Crippen LogP contribution is -2.29. The summed E-state index contributed by atoms with van der Waals surface area (Å²) in [4.78, 5) is 12.7. The molecule has 150 valence electrons. The first kappa shape index (κ1) is 17.9. The van der Waals surface area contributed by atoms with Crippen LogP contribution in [0.2, 0.25) is 0 Å². The Hall–Kier alpha value is -4.21. The van der Waals surface area contributed by atoms with Gasteiger partial charge in [0.1, 0.15) is 23.2 Å². The number of fused-ring (bicyclic) bond motifs is 2. The summed E-state index contributed by atoms with van der Waals surface area (Å²) in [7, 11) is 3.17. The van der Waals surface area contributed by atoms with Crippen LogP contribution in [0.15, 0.2) is 53.3 Å². The number of nitrogens with one attached hydrogen (secondary N) is 2. The van der Waals surface area contributed by atoms with Gasteiger partial charge >= 0.3 is 0 Å². The number of tetrazole rings is 1. The molecule has 2 N–H and O–H groups in total. The highest BCUT2D eigenvalue weighted by Gasteiger charge is 2.35. The van der Waals surface area contributed by atoms with Gasteiger partial charge < -0.3 is 14.8 Å². The number of methoxy groups -OCH3 is 2. The SMILES string of the molecule is COc1ccc(C2c3c(-c4ccccc4)n[nH]c(=O)c3Nc3nnnn32)c(OC)c1. The van der Waals surface area contributed by atoms with Gasteiger partial charge in [-0.1, -0.05) is 35.4 Å². The van der Waals surface area contributed by atoms with Crippen molar-refractivity contribution < 1.29 is 9.47 Å². The van der Waals surface area contributed by atoms with E-state index in [-0.39, 0.29) is 5.56 Å². The zero-order valence-electron chi connectivity index (χ0n) is 16.2. The van der Waals surface area contributed by atoms with Gasteiger partial charge in [0.25, 0.3) is 5.56 Å². The molecule has 4 aromatic rings. The Bertz CT molecular complexity index is 1280. The predicted octanol–water partition coefficient (Wildman–Crippen LogP) is 2.14. The van der Waals surface area contributed by atoms with Crippen molar-refractivity contribution in [1.29, 1.82) is 0 Å². The van der Waals surface area contributed by atoms with Gasteiger partial charge in [-0.3, -0.25) is 4.79 Å². The van der Waals surface area contributed by atoms with Crippen molar-refractivity contribution in [2.75, 3.05) is 19.5 Å². The maximum absolute atomic E-state index is 12.7. The molecular weight excluding hydrogens is 386 g/mol. The smallest absolute Gasteiger partial charge is 0.288 e. The quantitative estimate of drug-likeness (QED) is 0.468. The fourth-order valence-corrected chi connectivity index (χ4v) is 3.69. The largest absolute Gasteiger partial charge is 0.497 e. The molecule has 0 saturated carbocycles. The first-order chi connectivity index (χ1) is 14.7. The molecular formula is C20H17N7O3. The summed E-state index contributed by atoms with van der Waals surface area (Å²) < 4.78 is 12.6. The van der Waals surface area contributed by atoms with E-state index in [4.69, 9.17) is 9.47 Å². The number of H-pyrrole nitrogens is 1. The number of ether oxygens (including phenoxy) is 2. The Kier molecular flexibility index (Phi) is 4.16. The minimum atomic E-state index is -0.544. The van der Waals surface area contributed by atoms with Gasteiger partial charge in [0.2, 0.25) is 5.95 Å². The van der Waals surface area contributed by atoms with Crippen molar-refractivity contribution in [2.45, 2.75) is 6.04 Å². The Balaban J connectivity index is 1.83. The molecule has 0 bridgehead atoms. The number of hydrogen-bond acceptors (Lipinski definition) is 8. The van der Waals surface area contributed by atoms with Crippen LogP contribution in [0.3, 0.4) is 0 Å². The van der Waals surface area contributed by atoms with Crippen LogP contribution < -0.4 is 20.3 Å². The highest BCUT2D eigenvalue weighted by molar-refractivity contribution is 5.76. The number of aromatic amines is 1. The summed E-state index contributed by atoms with van der Waals surface area (Å²) in [5.74, 6) is 1.57. The monoisotopic (exact) mass is 403 g/mol. The Morgan fingerprint density at radius 2 is 1.90 bits per heavy atom. The molecule has 0 aliphatic carbocycles. The zero-order valence-corrected chi connectivity index (χ0v) is 16.2. The van der Waals surface area contributed by atoms with Gasteiger partial charge in [0.05, 0.1) is 19.9 Å². The molecule has 3 heterocycles. The summed E-state index contributed by atoms with van der Waals surface area (Å²) in [6.07, 6.45) is 0. The fourth-order valence-electron chi connectivity index (χ4n) is 3.69. The summed E-state index contributed by atoms with van der Waals surface area (Å²) in [6.45, 7) is 0. The van der Waals surface area contributed by atoms with Gasteiger partial charge in [-0.25, -0.2) is 5.10 Å². The summed E-state index contributed by atoms with van der Waals surface area (Å²) >= 11 is 0. The highest BCUT2D eigenvalue weighted by Crippen LogP contribution is 2.44. The van der Waals surface area contributed by atoms with Gasteiger partial charge in [-0.05, 0) is 22.6 Å². The number of nitrogens with zero attached hydrogens (tertiary/aromatic N) is 5. The van der Waals surface area contributed by atoms with Crippen LogP contribution in [0.4, 0.5) is 11.6 Å². The second-order valence-electron chi connectivity index (χ2n) is 6.64. The van der Waals surface area contributed by atoms with Gasteiger partial charge in [0.15, 0.2) is 0 Å². The first-order valence-electron chi connectivity index (χ1n) is 9.16.